The molecule has 0 radical (unpaired) electrons. The van der Waals surface area contributed by atoms with E-state index in [1.165, 1.54) is 19.1 Å². The Hall–Kier alpha value is -2.44. The van der Waals surface area contributed by atoms with E-state index >= 15 is 0 Å². The van der Waals surface area contributed by atoms with Crippen molar-refractivity contribution in [3.05, 3.63) is 33.9 Å². The first-order valence-corrected chi connectivity index (χ1v) is 6.17. The summed E-state index contributed by atoms with van der Waals surface area (Å²) in [7, 11) is 0. The number of ether oxygens (including phenoxy) is 1. The van der Waals surface area contributed by atoms with E-state index in [0.717, 1.165) is 12.5 Å². The van der Waals surface area contributed by atoms with Crippen LogP contribution in [0.4, 0.5) is 5.69 Å². The van der Waals surface area contributed by atoms with Crippen molar-refractivity contribution >= 4 is 17.9 Å². The molecule has 20 heavy (non-hydrogen) atoms. The molecule has 0 bridgehead atoms. The minimum Gasteiger partial charge on any atom is -0.474 e. The Morgan fingerprint density at radius 2 is 2.25 bits per heavy atom. The molecule has 0 aromatic heterocycles. The molecule has 7 heteroatoms. The molecule has 0 aliphatic carbocycles. The van der Waals surface area contributed by atoms with Crippen LogP contribution < -0.4 is 10.1 Å². The number of amides is 1. The highest BCUT2D eigenvalue weighted by molar-refractivity contribution is 5.81. The Morgan fingerprint density at radius 1 is 1.55 bits per heavy atom. The van der Waals surface area contributed by atoms with E-state index in [-0.39, 0.29) is 22.9 Å². The highest BCUT2D eigenvalue weighted by atomic mass is 16.6. The van der Waals surface area contributed by atoms with Crippen LogP contribution >= 0.6 is 0 Å². The number of nitrogens with one attached hydrogen (secondary N) is 1. The molecule has 1 amide bonds. The van der Waals surface area contributed by atoms with E-state index in [1.54, 1.807) is 0 Å². The number of benzene rings is 1. The Morgan fingerprint density at radius 3 is 2.80 bits per heavy atom. The topological polar surface area (TPSA) is 98.5 Å². The Labute approximate surface area is 116 Å². The molecular weight excluding hydrogens is 264 g/mol. The SMILES string of the molecule is CCCNC(=O)[C@H](C)Oc1ccc(C=O)cc1[N+](=O)[O-]. The first-order valence-electron chi connectivity index (χ1n) is 6.17. The fourth-order valence-corrected chi connectivity index (χ4v) is 1.49. The highest BCUT2D eigenvalue weighted by Crippen LogP contribution is 2.28. The van der Waals surface area contributed by atoms with E-state index in [9.17, 15) is 19.7 Å². The maximum Gasteiger partial charge on any atom is 0.311 e. The van der Waals surface area contributed by atoms with Crippen molar-refractivity contribution in [2.75, 3.05) is 6.54 Å². The first kappa shape index (κ1) is 15.6. The molecule has 0 fully saturated rings. The summed E-state index contributed by atoms with van der Waals surface area (Å²) < 4.78 is 5.30. The van der Waals surface area contributed by atoms with Gasteiger partial charge in [0.05, 0.1) is 4.92 Å². The van der Waals surface area contributed by atoms with Crippen molar-refractivity contribution < 1.29 is 19.2 Å². The molecule has 7 nitrogen and oxygen atoms in total. The monoisotopic (exact) mass is 280 g/mol. The van der Waals surface area contributed by atoms with Crippen LogP contribution in [0.1, 0.15) is 30.6 Å². The van der Waals surface area contributed by atoms with Crippen LogP contribution in [0.25, 0.3) is 0 Å². The number of nitro groups is 1. The predicted molar refractivity (Wildman–Crippen MR) is 71.9 cm³/mol. The molecule has 0 saturated carbocycles. The van der Waals surface area contributed by atoms with Gasteiger partial charge in [0.2, 0.25) is 0 Å². The quantitative estimate of drug-likeness (QED) is 0.465. The van der Waals surface area contributed by atoms with Crippen molar-refractivity contribution in [3.8, 4) is 5.75 Å². The third kappa shape index (κ3) is 4.04. The van der Waals surface area contributed by atoms with Crippen LogP contribution in [0.3, 0.4) is 0 Å². The van der Waals surface area contributed by atoms with Crippen molar-refractivity contribution in [1.29, 1.82) is 0 Å². The third-order valence-electron chi connectivity index (χ3n) is 2.54. The highest BCUT2D eigenvalue weighted by Gasteiger charge is 2.21. The summed E-state index contributed by atoms with van der Waals surface area (Å²) in [6, 6.07) is 3.82. The van der Waals surface area contributed by atoms with Gasteiger partial charge in [-0.25, -0.2) is 0 Å². The van der Waals surface area contributed by atoms with Gasteiger partial charge in [-0.15, -0.1) is 0 Å². The average Bonchev–Trinajstić information content (AvgIpc) is 2.44. The van der Waals surface area contributed by atoms with Gasteiger partial charge in [0.25, 0.3) is 5.91 Å². The van der Waals surface area contributed by atoms with E-state index in [0.29, 0.717) is 12.8 Å². The lowest BCUT2D eigenvalue weighted by molar-refractivity contribution is -0.386. The summed E-state index contributed by atoms with van der Waals surface area (Å²) >= 11 is 0. The van der Waals surface area contributed by atoms with Crippen LogP contribution in [0.5, 0.6) is 5.75 Å². The van der Waals surface area contributed by atoms with Crippen molar-refractivity contribution in [3.63, 3.8) is 0 Å². The molecule has 1 aromatic rings. The number of hydrogen-bond donors (Lipinski definition) is 1. The fraction of sp³-hybridized carbons (Fsp3) is 0.385. The fourth-order valence-electron chi connectivity index (χ4n) is 1.49. The molecule has 0 unspecified atom stereocenters. The minimum atomic E-state index is -0.859. The van der Waals surface area contributed by atoms with Crippen molar-refractivity contribution in [2.24, 2.45) is 0 Å². The van der Waals surface area contributed by atoms with Gasteiger partial charge in [-0.3, -0.25) is 19.7 Å². The van der Waals surface area contributed by atoms with Gasteiger partial charge in [-0.1, -0.05) is 6.92 Å². The number of nitrogens with zero attached hydrogens (tertiary/aromatic N) is 1. The smallest absolute Gasteiger partial charge is 0.311 e. The van der Waals surface area contributed by atoms with Gasteiger partial charge in [-0.05, 0) is 25.5 Å². The third-order valence-corrected chi connectivity index (χ3v) is 2.54. The molecule has 108 valence electrons. The van der Waals surface area contributed by atoms with Crippen LogP contribution in [-0.4, -0.2) is 29.8 Å². The van der Waals surface area contributed by atoms with Gasteiger partial charge in [0.1, 0.15) is 6.29 Å². The Balaban J connectivity index is 2.88. The summed E-state index contributed by atoms with van der Waals surface area (Å²) in [5.74, 6) is -0.389. The van der Waals surface area contributed by atoms with Gasteiger partial charge in [-0.2, -0.15) is 0 Å². The second kappa shape index (κ2) is 7.22. The van der Waals surface area contributed by atoms with Crippen LogP contribution in [0, 0.1) is 10.1 Å². The number of hydrogen-bond acceptors (Lipinski definition) is 5. The molecule has 0 aliphatic rings. The maximum atomic E-state index is 11.6. The van der Waals surface area contributed by atoms with Crippen molar-refractivity contribution in [1.82, 2.24) is 5.32 Å². The van der Waals surface area contributed by atoms with Crippen LogP contribution in [-0.2, 0) is 4.79 Å². The molecule has 0 spiro atoms. The van der Waals surface area contributed by atoms with E-state index in [1.807, 2.05) is 6.92 Å². The molecule has 1 aromatic carbocycles. The molecule has 1 N–H and O–H groups in total. The predicted octanol–water partition coefficient (Wildman–Crippen LogP) is 1.70. The summed E-state index contributed by atoms with van der Waals surface area (Å²) in [5, 5.41) is 13.6. The molecular formula is C13H16N2O5. The Bertz CT molecular complexity index is 515. The normalized spacial score (nSPS) is 11.5. The van der Waals surface area contributed by atoms with E-state index < -0.39 is 11.0 Å². The lowest BCUT2D eigenvalue weighted by atomic mass is 10.2. The number of rotatable bonds is 7. The maximum absolute atomic E-state index is 11.6. The number of aldehydes is 1. The van der Waals surface area contributed by atoms with Crippen LogP contribution in [0.2, 0.25) is 0 Å². The molecule has 0 aliphatic heterocycles. The number of nitro benzene ring substituents is 1. The second-order valence-corrected chi connectivity index (χ2v) is 4.15. The van der Waals surface area contributed by atoms with E-state index in [4.69, 9.17) is 4.74 Å². The van der Waals surface area contributed by atoms with E-state index in [2.05, 4.69) is 5.32 Å². The zero-order chi connectivity index (χ0) is 15.1. The first-order chi connectivity index (χ1) is 9.49. The lowest BCUT2D eigenvalue weighted by Gasteiger charge is -2.14. The standard InChI is InChI=1S/C13H16N2O5/c1-3-6-14-13(17)9(2)20-12-5-4-10(8-16)7-11(12)15(18)19/h4-5,7-9H,3,6H2,1-2H3,(H,14,17)/t9-/m0/s1. The zero-order valence-corrected chi connectivity index (χ0v) is 11.3. The summed E-state index contributed by atoms with van der Waals surface area (Å²) in [6.07, 6.45) is 0.434. The Kier molecular flexibility index (Phi) is 5.64. The number of carbonyl (C=O) groups excluding carboxylic acids is 2. The summed E-state index contributed by atoms with van der Waals surface area (Å²) in [4.78, 5) is 32.5. The summed E-state index contributed by atoms with van der Waals surface area (Å²) in [5.41, 5.74) is -0.170. The molecule has 1 atom stereocenters. The van der Waals surface area contributed by atoms with Gasteiger partial charge >= 0.3 is 5.69 Å². The molecule has 1 rings (SSSR count). The zero-order valence-electron chi connectivity index (χ0n) is 11.3. The van der Waals surface area contributed by atoms with Gasteiger partial charge in [0.15, 0.2) is 11.9 Å². The minimum absolute atomic E-state index is 0.0419. The largest absolute Gasteiger partial charge is 0.474 e. The van der Waals surface area contributed by atoms with Gasteiger partial charge < -0.3 is 10.1 Å². The van der Waals surface area contributed by atoms with Crippen molar-refractivity contribution in [2.45, 2.75) is 26.4 Å². The summed E-state index contributed by atoms with van der Waals surface area (Å²) in [6.45, 7) is 3.93. The molecule has 0 heterocycles. The van der Waals surface area contributed by atoms with Gasteiger partial charge in [0, 0.05) is 18.2 Å². The second-order valence-electron chi connectivity index (χ2n) is 4.15. The average molecular weight is 280 g/mol. The van der Waals surface area contributed by atoms with Crippen LogP contribution in [0.15, 0.2) is 18.2 Å². The molecule has 0 saturated heterocycles. The number of carbonyl (C=O) groups is 2. The lowest BCUT2D eigenvalue weighted by Crippen LogP contribution is -2.36.